The molecule has 0 saturated carbocycles. The van der Waals surface area contributed by atoms with Crippen LogP contribution < -0.4 is 36.5 Å². The van der Waals surface area contributed by atoms with E-state index in [0.29, 0.717) is 31.6 Å². The number of aryl methyl sites for hydroxylation is 2. The second-order valence-corrected chi connectivity index (χ2v) is 17.6. The number of nitrogens with two attached hydrogens (primary N) is 1. The van der Waals surface area contributed by atoms with Crippen molar-refractivity contribution < 1.29 is 57.3 Å². The highest BCUT2D eigenvalue weighted by atomic mass is 31.2. The number of carbonyl (C=O) groups is 6. The van der Waals surface area contributed by atoms with Crippen molar-refractivity contribution in [3.05, 3.63) is 54.1 Å². The van der Waals surface area contributed by atoms with Crippen molar-refractivity contribution in [2.75, 3.05) is 13.2 Å². The monoisotopic (exact) mass is 890 g/mol. The van der Waals surface area contributed by atoms with E-state index in [1.807, 2.05) is 42.9 Å². The number of amides is 6. The molecule has 346 valence electrons. The Morgan fingerprint density at radius 2 is 1.56 bits per heavy atom. The molecular weight excluding hydrogens is 823 g/mol. The number of phosphoric ester groups is 1. The summed E-state index contributed by atoms with van der Waals surface area (Å²) in [5.74, 6) is -4.42. The molecule has 1 aromatic carbocycles. The normalized spacial score (nSPS) is 17.3. The fraction of sp³-hybridized carbons (Fsp3) is 0.643. The maximum atomic E-state index is 14.1. The minimum atomic E-state index is -5.32. The number of imidazole rings is 1. The minimum absolute atomic E-state index is 0.0704. The first-order chi connectivity index (χ1) is 29.3. The number of nitrogens with one attached hydrogen (secondary N) is 4. The van der Waals surface area contributed by atoms with Crippen LogP contribution in [-0.4, -0.2) is 104 Å². The second kappa shape index (κ2) is 25.4. The lowest BCUT2D eigenvalue weighted by Gasteiger charge is -2.28. The van der Waals surface area contributed by atoms with Crippen LogP contribution in [0.4, 0.5) is 0 Å². The molecule has 1 saturated heterocycles. The lowest BCUT2D eigenvalue weighted by Crippen LogP contribution is -2.60. The average molecular weight is 891 g/mol. The summed E-state index contributed by atoms with van der Waals surface area (Å²) in [6, 6.07) is 4.13. The summed E-state index contributed by atoms with van der Waals surface area (Å²) < 4.78 is 19.5. The van der Waals surface area contributed by atoms with Gasteiger partial charge >= 0.3 is 0 Å². The number of likely N-dealkylation sites (tertiary alicyclic amines) is 1. The third-order valence-electron chi connectivity index (χ3n) is 10.8. The maximum Gasteiger partial charge on any atom is 0.265 e. The zero-order valence-electron chi connectivity index (χ0n) is 36.6. The van der Waals surface area contributed by atoms with Gasteiger partial charge in [0.15, 0.2) is 0 Å². The number of phosphoric acid groups is 1. The lowest BCUT2D eigenvalue weighted by molar-refractivity contribution is -0.697. The Bertz CT molecular complexity index is 1840. The third kappa shape index (κ3) is 17.6. The summed E-state index contributed by atoms with van der Waals surface area (Å²) >= 11 is 0. The highest BCUT2D eigenvalue weighted by Crippen LogP contribution is 2.33. The number of primary amides is 1. The first-order valence-electron chi connectivity index (χ1n) is 21.5. The van der Waals surface area contributed by atoms with Gasteiger partial charge in [0.05, 0.1) is 19.3 Å². The number of aromatic nitrogens is 2. The molecular formula is C42H67N8O11P. The van der Waals surface area contributed by atoms with E-state index in [9.17, 15) is 43.3 Å². The van der Waals surface area contributed by atoms with E-state index in [1.54, 1.807) is 10.8 Å². The third-order valence-corrected chi connectivity index (χ3v) is 11.4. The second-order valence-electron chi connectivity index (χ2n) is 16.5. The number of hydrogen-bond acceptors (Lipinski definition) is 10. The summed E-state index contributed by atoms with van der Waals surface area (Å²) in [6.45, 7) is 8.62. The maximum absolute atomic E-state index is 14.1. The van der Waals surface area contributed by atoms with Crippen LogP contribution in [0.15, 0.2) is 42.9 Å². The van der Waals surface area contributed by atoms with Gasteiger partial charge in [0.2, 0.25) is 41.8 Å². The van der Waals surface area contributed by atoms with E-state index < -0.39 is 73.7 Å². The average Bonchev–Trinajstić information content (AvgIpc) is 3.84. The van der Waals surface area contributed by atoms with Crippen molar-refractivity contribution in [3.63, 3.8) is 0 Å². The molecule has 2 heterocycles. The molecule has 7 atom stereocenters. The summed E-state index contributed by atoms with van der Waals surface area (Å²) in [4.78, 5) is 101. The van der Waals surface area contributed by atoms with E-state index >= 15 is 0 Å². The Labute approximate surface area is 364 Å². The Morgan fingerprint density at radius 1 is 0.919 bits per heavy atom. The van der Waals surface area contributed by atoms with Gasteiger partial charge in [-0.25, -0.2) is 9.13 Å². The van der Waals surface area contributed by atoms with E-state index in [4.69, 9.17) is 10.6 Å². The Kier molecular flexibility index (Phi) is 21.2. The molecule has 6 amide bonds. The smallest absolute Gasteiger partial charge is 0.265 e. The van der Waals surface area contributed by atoms with Crippen LogP contribution in [0.25, 0.3) is 0 Å². The SMILES string of the molecule is CC(=O)N1CCC[C@H]1C(=O)N[C@@H](CC(C)C)C(=O)N[C@@H](Cc1c[n+](CCO)cn1CCCCCCCCc1ccccc1)C(=O)N[C@@H](C)C(=O)N[C@H](C(N)=O)[C@@H](C)OP(=O)([O-])O. The van der Waals surface area contributed by atoms with Gasteiger partial charge in [-0.15, -0.1) is 0 Å². The van der Waals surface area contributed by atoms with Crippen LogP contribution in [0.2, 0.25) is 0 Å². The molecule has 62 heavy (non-hydrogen) atoms. The Morgan fingerprint density at radius 3 is 2.18 bits per heavy atom. The molecule has 1 unspecified atom stereocenters. The summed E-state index contributed by atoms with van der Waals surface area (Å²) in [7, 11) is -5.32. The van der Waals surface area contributed by atoms with E-state index in [2.05, 4.69) is 37.9 Å². The zero-order valence-corrected chi connectivity index (χ0v) is 37.5. The number of carbonyl (C=O) groups excluding carboxylic acids is 6. The number of nitrogens with zero attached hydrogens (tertiary/aromatic N) is 3. The largest absolute Gasteiger partial charge is 0.756 e. The number of benzene rings is 1. The molecule has 1 aromatic heterocycles. The highest BCUT2D eigenvalue weighted by molar-refractivity contribution is 7.44. The van der Waals surface area contributed by atoms with E-state index in [-0.39, 0.29) is 37.8 Å². The molecule has 19 nitrogen and oxygen atoms in total. The topological polar surface area (TPSA) is 278 Å². The standard InChI is InChI=1S/C42H67N8O11P/c1-28(2)24-34(46-42(57)36-19-15-21-50(36)31(5)52)41(56)45-35(40(55)44-29(3)39(54)47-37(38(43)53)30(4)61-62(58,59)60)25-33-26-48(22-23-51)27-49(33)20-14-9-7-6-8-11-16-32-17-12-10-13-18-32/h10,12-13,17-18,26-30,34-37,51H,6-9,11,14-16,19-25H2,1-5H3,(H7-,43,44,45,46,47,53,54,55,56,57,58,59,60)/t29-,30+,34-,35-,36-,37-/m0/s1. The zero-order chi connectivity index (χ0) is 46.0. The van der Waals surface area contributed by atoms with Crippen molar-refractivity contribution in [3.8, 4) is 0 Å². The predicted molar refractivity (Wildman–Crippen MR) is 226 cm³/mol. The molecule has 1 fully saturated rings. The van der Waals surface area contributed by atoms with Crippen LogP contribution >= 0.6 is 7.82 Å². The van der Waals surface area contributed by atoms with Gasteiger partial charge in [0.25, 0.3) is 7.82 Å². The number of aliphatic hydroxyl groups is 1. The molecule has 20 heteroatoms. The van der Waals surface area contributed by atoms with Crippen LogP contribution in [0.5, 0.6) is 0 Å². The summed E-state index contributed by atoms with van der Waals surface area (Å²) in [5, 5.41) is 20.1. The fourth-order valence-electron chi connectivity index (χ4n) is 7.55. The Balaban J connectivity index is 1.82. The van der Waals surface area contributed by atoms with Crippen molar-refractivity contribution in [2.45, 2.75) is 155 Å². The van der Waals surface area contributed by atoms with E-state index in [1.165, 1.54) is 24.3 Å². The van der Waals surface area contributed by atoms with Crippen molar-refractivity contribution in [1.82, 2.24) is 30.7 Å². The van der Waals surface area contributed by atoms with Crippen molar-refractivity contribution >= 4 is 43.3 Å². The summed E-state index contributed by atoms with van der Waals surface area (Å²) in [6.07, 6.45) is 10.3. The van der Waals surface area contributed by atoms with Crippen molar-refractivity contribution in [2.24, 2.45) is 11.7 Å². The summed E-state index contributed by atoms with van der Waals surface area (Å²) in [5.41, 5.74) is 7.33. The van der Waals surface area contributed by atoms with E-state index in [0.717, 1.165) is 51.9 Å². The highest BCUT2D eigenvalue weighted by Gasteiger charge is 2.37. The Hall–Kier alpha value is -4.68. The van der Waals surface area contributed by atoms with Crippen LogP contribution in [0, 0.1) is 5.92 Å². The number of unbranched alkanes of at least 4 members (excludes halogenated alkanes) is 5. The minimum Gasteiger partial charge on any atom is -0.756 e. The van der Waals surface area contributed by atoms with Gasteiger partial charge in [-0.3, -0.25) is 33.3 Å². The number of rotatable bonds is 27. The molecule has 8 N–H and O–H groups in total. The van der Waals surface area contributed by atoms with Crippen LogP contribution in [0.1, 0.15) is 104 Å². The quantitative estimate of drug-likeness (QED) is 0.0363. The van der Waals surface area contributed by atoms with Gasteiger partial charge in [-0.1, -0.05) is 63.4 Å². The van der Waals surface area contributed by atoms with Gasteiger partial charge in [0, 0.05) is 19.9 Å². The van der Waals surface area contributed by atoms with Gasteiger partial charge in [-0.2, -0.15) is 0 Å². The number of hydrogen-bond donors (Lipinski definition) is 7. The fourth-order valence-corrected chi connectivity index (χ4v) is 8.09. The molecule has 0 aliphatic carbocycles. The first kappa shape index (κ1) is 51.7. The molecule has 1 aliphatic heterocycles. The predicted octanol–water partition coefficient (Wildman–Crippen LogP) is 0.261. The molecule has 1 aliphatic rings. The lowest BCUT2D eigenvalue weighted by atomic mass is 10.0. The van der Waals surface area contributed by atoms with Crippen LogP contribution in [-0.2, 0) is 63.8 Å². The van der Waals surface area contributed by atoms with Gasteiger partial charge < -0.3 is 51.3 Å². The van der Waals surface area contributed by atoms with Crippen LogP contribution in [0.3, 0.4) is 0 Å². The van der Waals surface area contributed by atoms with Gasteiger partial charge in [0.1, 0.15) is 48.6 Å². The molecule has 0 radical (unpaired) electrons. The molecule has 0 spiro atoms. The molecule has 3 rings (SSSR count). The molecule has 0 bridgehead atoms. The first-order valence-corrected chi connectivity index (χ1v) is 23.0. The molecule has 2 aromatic rings. The van der Waals surface area contributed by atoms with Crippen molar-refractivity contribution in [1.29, 1.82) is 0 Å². The number of aliphatic hydroxyl groups excluding tert-OH is 1. The van der Waals surface area contributed by atoms with Gasteiger partial charge in [-0.05, 0) is 70.3 Å².